The van der Waals surface area contributed by atoms with Crippen LogP contribution in [0.1, 0.15) is 232 Å². The van der Waals surface area contributed by atoms with Gasteiger partial charge < -0.3 is 84.9 Å². The first-order valence-corrected chi connectivity index (χ1v) is 61.2. The number of anilines is 3. The maximum atomic E-state index is 13.9. The molecule has 146 heavy (non-hydrogen) atoms. The number of aromatic nitrogens is 8. The fraction of sp³-hybridized carbons (Fsp3) is 0.560. The molecule has 798 valence electrons. The third-order valence-electron chi connectivity index (χ3n) is 29.0. The SMILES string of the molecule is CC(C)C(CO)n1cc(C(=O)O)c(=O)c2cc(CCc3ccc(F)cc3)c(N3CCOCC3)nc21.CCOC(=O)c1cn([C@H](CO[Si](C)(C)C(C)(C)C)C(C)C)c2nc(C)c(Br)cc2c1=O.CCOC(=O)c1cn([C@H](CO[Si](C)(C)C(C)(C)C)C(C)C)c2nc(N3CCOCC3)c(Br)cc2c1=O.CCOC(=O)c1cn([C@H](CO[Si](C)(C)C(C)(C)C)C(C)C)c2nc(N3CCOCC3)c(CCc3ccc(F)cc3)cc2c1=O. The summed E-state index contributed by atoms with van der Waals surface area (Å²) in [4.78, 5) is 130. The number of nitrogens with zero attached hydrogens (tertiary/aromatic N) is 11. The number of carbonyl (C=O) groups excluding carboxylic acids is 3. The summed E-state index contributed by atoms with van der Waals surface area (Å²) in [5.41, 5.74) is 4.27. The summed E-state index contributed by atoms with van der Waals surface area (Å²) >= 11 is 7.09. The van der Waals surface area contributed by atoms with Crippen LogP contribution >= 0.6 is 31.9 Å². The minimum absolute atomic E-state index is 0.00940. The minimum Gasteiger partial charge on any atom is -0.477 e. The van der Waals surface area contributed by atoms with E-state index < -0.39 is 65.7 Å². The number of carboxylic acids is 1. The van der Waals surface area contributed by atoms with Crippen molar-refractivity contribution in [2.24, 2.45) is 23.7 Å². The summed E-state index contributed by atoms with van der Waals surface area (Å²) in [5, 5.41) is 21.3. The highest BCUT2D eigenvalue weighted by Gasteiger charge is 2.43. The van der Waals surface area contributed by atoms with Gasteiger partial charge in [-0.15, -0.1) is 0 Å². The number of morpholine rings is 3. The van der Waals surface area contributed by atoms with Crippen molar-refractivity contribution in [2.45, 2.75) is 250 Å². The van der Waals surface area contributed by atoms with Crippen LogP contribution in [0.5, 0.6) is 0 Å². The molecule has 0 spiro atoms. The number of rotatable bonds is 34. The Morgan fingerprint density at radius 1 is 0.404 bits per heavy atom. The molecule has 0 aliphatic carbocycles. The maximum Gasteiger partial charge on any atom is 0.343 e. The Morgan fingerprint density at radius 3 is 0.959 bits per heavy atom. The zero-order valence-corrected chi connectivity index (χ0v) is 96.6. The van der Waals surface area contributed by atoms with E-state index in [1.54, 1.807) is 86.4 Å². The molecule has 10 aromatic rings. The second-order valence-electron chi connectivity index (χ2n) is 43.6. The number of carboxylic acid groups (broad SMARTS) is 1. The molecule has 2 N–H and O–H groups in total. The van der Waals surface area contributed by atoms with Crippen LogP contribution in [0.25, 0.3) is 44.1 Å². The van der Waals surface area contributed by atoms with Crippen LogP contribution < -0.4 is 36.4 Å². The second kappa shape index (κ2) is 50.8. The summed E-state index contributed by atoms with van der Waals surface area (Å²) in [5.74, 6) is -1.09. The van der Waals surface area contributed by atoms with Gasteiger partial charge in [0.1, 0.15) is 73.9 Å². The Morgan fingerprint density at radius 2 is 0.671 bits per heavy atom. The summed E-state index contributed by atoms with van der Waals surface area (Å²) < 4.78 is 88.0. The van der Waals surface area contributed by atoms with Gasteiger partial charge in [0.2, 0.25) is 21.7 Å². The molecule has 2 aromatic carbocycles. The van der Waals surface area contributed by atoms with Crippen LogP contribution in [0.2, 0.25) is 54.4 Å². The largest absolute Gasteiger partial charge is 0.477 e. The molecule has 3 fully saturated rings. The van der Waals surface area contributed by atoms with Crippen molar-refractivity contribution in [1.29, 1.82) is 0 Å². The van der Waals surface area contributed by atoms with Gasteiger partial charge in [-0.25, -0.2) is 47.9 Å². The maximum absolute atomic E-state index is 13.9. The molecular weight excluding hydrogens is 2050 g/mol. The highest BCUT2D eigenvalue weighted by Crippen LogP contribution is 2.43. The number of carbonyl (C=O) groups is 4. The molecule has 3 saturated heterocycles. The molecule has 3 aliphatic rings. The molecule has 11 heterocycles. The fourth-order valence-electron chi connectivity index (χ4n) is 16.7. The van der Waals surface area contributed by atoms with Gasteiger partial charge in [0.25, 0.3) is 0 Å². The van der Waals surface area contributed by atoms with Crippen LogP contribution in [-0.2, 0) is 67.4 Å². The number of aliphatic hydroxyl groups is 1. The predicted molar refractivity (Wildman–Crippen MR) is 588 cm³/mol. The van der Waals surface area contributed by atoms with Crippen LogP contribution in [0, 0.1) is 42.2 Å². The lowest BCUT2D eigenvalue weighted by molar-refractivity contribution is 0.0514. The summed E-state index contributed by atoms with van der Waals surface area (Å²) in [6, 6.07) is 19.0. The van der Waals surface area contributed by atoms with E-state index in [0.717, 1.165) is 44.1 Å². The highest BCUT2D eigenvalue weighted by molar-refractivity contribution is 9.11. The van der Waals surface area contributed by atoms with E-state index in [9.17, 15) is 57.4 Å². The van der Waals surface area contributed by atoms with E-state index in [1.165, 1.54) is 30.5 Å². The molecule has 0 saturated carbocycles. The first-order valence-electron chi connectivity index (χ1n) is 50.9. The number of pyridine rings is 8. The number of aryl methyl sites for hydroxylation is 5. The number of hydrogen-bond donors (Lipinski definition) is 2. The lowest BCUT2D eigenvalue weighted by Crippen LogP contribution is -2.43. The number of ether oxygens (including phenoxy) is 6. The monoisotopic (exact) mass is 2200 g/mol. The quantitative estimate of drug-likeness (QED) is 0.0215. The summed E-state index contributed by atoms with van der Waals surface area (Å²) in [7, 11) is -6.12. The van der Waals surface area contributed by atoms with Gasteiger partial charge in [-0.05, 0) is 234 Å². The van der Waals surface area contributed by atoms with E-state index in [4.69, 9.17) is 61.6 Å². The average Bonchev–Trinajstić information content (AvgIpc) is 0.754. The molecule has 0 bridgehead atoms. The molecule has 1 unspecified atom stereocenters. The van der Waals surface area contributed by atoms with Crippen LogP contribution in [0.15, 0.2) is 126 Å². The van der Waals surface area contributed by atoms with Crippen molar-refractivity contribution in [3.05, 3.63) is 209 Å². The summed E-state index contributed by atoms with van der Waals surface area (Å²) in [6.45, 7) is 66.1. The number of benzene rings is 2. The first-order chi connectivity index (χ1) is 68.5. The third kappa shape index (κ3) is 28.7. The molecule has 4 atom stereocenters. The lowest BCUT2D eigenvalue weighted by atomic mass is 10.0. The standard InChI is InChI=1S/C34H48FN3O5Si.C26H40BrN3O5Si.C26H30FN3O5.C23H35BrN2O4Si/c1-9-42-33(40)28-21-38(29(23(2)3)22-43-44(7,8)34(4,5)6)32-27(30(28)39)20-25(13-10-24-11-14-26(35)15-12-24)31(36-32)37-16-18-41-19-17-37;1-9-34-25(32)19-15-30(21(17(2)3)16-35-36(7,8)26(4,5)6)23-18(22(19)31)14-20(27)24(28-23)29-10-12-33-13-11-29;1-16(2)22(15-31)30-14-21(26(33)34)23(32)20-13-18(6-3-17-4-7-19(27)8-5-17)24(28-25(20)30)29-9-11-35-12-10-29;1-10-29-22(28)17-12-26(21-16(20(17)27)11-18(24)15(4)25-21)19(14(2)3)13-30-31(8,9)23(5,6)7/h11-12,14-15,20-21,23,29H,9-10,13,16-19,22H2,1-8H3;14-15,17,21H,9-13,16H2,1-8H3;4-5,7-8,13-14,16,22,31H,3,6,9-12,15H2,1-2H3,(H,33,34);11-12,14,19H,10,13H2,1-9H3/t29-;21-;;19-/m11.1/s1. The molecular formula is C109H153Br2F2N11O19Si3. The van der Waals surface area contributed by atoms with Gasteiger partial charge in [-0.1, -0.05) is 142 Å². The number of halogens is 4. The predicted octanol–water partition coefficient (Wildman–Crippen LogP) is 20.9. The number of hydrogen-bond acceptors (Lipinski definition) is 25. The normalized spacial score (nSPS) is 15.0. The zero-order valence-electron chi connectivity index (χ0n) is 90.4. The second-order valence-corrected chi connectivity index (χ2v) is 59.7. The van der Waals surface area contributed by atoms with Crippen LogP contribution in [0.4, 0.5) is 26.2 Å². The van der Waals surface area contributed by atoms with Crippen LogP contribution in [0.3, 0.4) is 0 Å². The molecule has 13 rings (SSSR count). The molecule has 30 nitrogen and oxygen atoms in total. The van der Waals surface area contributed by atoms with Crippen molar-refractivity contribution in [2.75, 3.05) is 140 Å². The number of aromatic carboxylic acids is 1. The van der Waals surface area contributed by atoms with Crippen molar-refractivity contribution in [3.8, 4) is 0 Å². The van der Waals surface area contributed by atoms with Gasteiger partial charge in [0.05, 0.1) is 142 Å². The lowest BCUT2D eigenvalue weighted by Gasteiger charge is -2.38. The van der Waals surface area contributed by atoms with Crippen molar-refractivity contribution in [3.63, 3.8) is 0 Å². The Labute approximate surface area is 877 Å². The fourth-order valence-corrected chi connectivity index (χ4v) is 20.6. The van der Waals surface area contributed by atoms with Gasteiger partial charge in [0, 0.05) is 68.5 Å². The van der Waals surface area contributed by atoms with Crippen molar-refractivity contribution < 1.29 is 79.9 Å². The van der Waals surface area contributed by atoms with Gasteiger partial charge in [-0.2, -0.15) is 0 Å². The van der Waals surface area contributed by atoms with E-state index in [2.05, 4.69) is 190 Å². The number of aliphatic hydroxyl groups excluding tert-OH is 1. The van der Waals surface area contributed by atoms with Gasteiger partial charge >= 0.3 is 23.9 Å². The zero-order chi connectivity index (χ0) is 108. The van der Waals surface area contributed by atoms with Gasteiger partial charge in [-0.3, -0.25) is 19.2 Å². The average molecular weight is 2200 g/mol. The Balaban J connectivity index is 0.000000201. The third-order valence-corrected chi connectivity index (χ3v) is 43.9. The van der Waals surface area contributed by atoms with Crippen molar-refractivity contribution >= 4 is 142 Å². The Hall–Kier alpha value is -9.65. The molecule has 37 heteroatoms. The van der Waals surface area contributed by atoms with E-state index >= 15 is 0 Å². The smallest absolute Gasteiger partial charge is 0.343 e. The Kier molecular flexibility index (Phi) is 41.1. The van der Waals surface area contributed by atoms with E-state index in [1.807, 2.05) is 40.5 Å². The highest BCUT2D eigenvalue weighted by atomic mass is 79.9. The van der Waals surface area contributed by atoms with Crippen LogP contribution in [-0.4, -0.2) is 222 Å². The molecule has 8 aromatic heterocycles. The molecule has 0 radical (unpaired) electrons. The van der Waals surface area contributed by atoms with E-state index in [-0.39, 0.29) is 133 Å². The minimum atomic E-state index is -2.10. The van der Waals surface area contributed by atoms with Gasteiger partial charge in [0.15, 0.2) is 25.0 Å². The number of esters is 3. The number of fused-ring (bicyclic) bond motifs is 4. The van der Waals surface area contributed by atoms with E-state index in [0.29, 0.717) is 173 Å². The first kappa shape index (κ1) is 118. The molecule has 3 aliphatic heterocycles. The Bertz CT molecular complexity index is 6500. The topological polar surface area (TPSA) is 341 Å². The molecule has 0 amide bonds. The van der Waals surface area contributed by atoms with Crippen molar-refractivity contribution in [1.82, 2.24) is 38.2 Å². The summed E-state index contributed by atoms with van der Waals surface area (Å²) in [6.07, 6.45) is 8.50.